The minimum Gasteiger partial charge on any atom is -0.480 e. The van der Waals surface area contributed by atoms with Gasteiger partial charge in [0.15, 0.2) is 0 Å². The first kappa shape index (κ1) is 9.04. The monoisotopic (exact) mass is 169 g/mol. The van der Waals surface area contributed by atoms with Crippen LogP contribution < -0.4 is 0 Å². The Labute approximate surface area is 70.8 Å². The minimum atomic E-state index is -0.915. The van der Waals surface area contributed by atoms with Gasteiger partial charge in [-0.15, -0.1) is 6.42 Å². The first-order valence-electron chi connectivity index (χ1n) is 3.73. The molecule has 1 fully saturated rings. The molecule has 0 bridgehead atoms. The summed E-state index contributed by atoms with van der Waals surface area (Å²) < 4.78 is 0. The highest BCUT2D eigenvalue weighted by atomic mass is 16.4. The molecule has 0 aromatic rings. The summed E-state index contributed by atoms with van der Waals surface area (Å²) in [7, 11) is 0. The lowest BCUT2D eigenvalue weighted by molar-refractivity contribution is -0.141. The molecule has 0 aliphatic carbocycles. The van der Waals surface area contributed by atoms with Crippen molar-refractivity contribution in [1.82, 2.24) is 4.90 Å². The van der Waals surface area contributed by atoms with Crippen LogP contribution in [0.25, 0.3) is 0 Å². The molecule has 0 saturated carbocycles. The molecule has 1 aliphatic rings. The van der Waals surface area contributed by atoms with E-state index in [0.717, 1.165) is 0 Å². The van der Waals surface area contributed by atoms with E-state index in [0.29, 0.717) is 6.54 Å². The fraction of sp³-hybridized carbons (Fsp3) is 0.625. The molecule has 12 heavy (non-hydrogen) atoms. The molecule has 0 radical (unpaired) electrons. The molecule has 2 unspecified atom stereocenters. The predicted molar refractivity (Wildman–Crippen MR) is 42.5 cm³/mol. The Balaban J connectivity index is 2.60. The highest BCUT2D eigenvalue weighted by Crippen LogP contribution is 2.16. The number of carboxylic acids is 1. The number of carboxylic acid groups (broad SMARTS) is 1. The second-order valence-corrected chi connectivity index (χ2v) is 2.88. The number of hydrogen-bond acceptors (Lipinski definition) is 3. The molecular formula is C8H11NO3. The van der Waals surface area contributed by atoms with Crippen molar-refractivity contribution < 1.29 is 15.0 Å². The fourth-order valence-corrected chi connectivity index (χ4v) is 1.43. The summed E-state index contributed by atoms with van der Waals surface area (Å²) in [6.07, 6.45) is 4.77. The van der Waals surface area contributed by atoms with Crippen molar-refractivity contribution in [1.29, 1.82) is 0 Å². The first-order valence-corrected chi connectivity index (χ1v) is 3.73. The maximum absolute atomic E-state index is 10.6. The van der Waals surface area contributed by atoms with E-state index < -0.39 is 18.1 Å². The van der Waals surface area contributed by atoms with Gasteiger partial charge in [-0.3, -0.25) is 9.69 Å². The Kier molecular flexibility index (Phi) is 2.69. The molecular weight excluding hydrogens is 158 g/mol. The van der Waals surface area contributed by atoms with Crippen molar-refractivity contribution in [2.24, 2.45) is 0 Å². The summed E-state index contributed by atoms with van der Waals surface area (Å²) in [5.74, 6) is 1.45. The smallest absolute Gasteiger partial charge is 0.321 e. The van der Waals surface area contributed by atoms with Crippen molar-refractivity contribution in [2.75, 3.05) is 13.1 Å². The van der Waals surface area contributed by atoms with E-state index in [1.54, 1.807) is 4.90 Å². The Morgan fingerprint density at radius 3 is 2.92 bits per heavy atom. The van der Waals surface area contributed by atoms with E-state index in [9.17, 15) is 9.90 Å². The lowest BCUT2D eigenvalue weighted by Gasteiger charge is -2.16. The molecule has 66 valence electrons. The summed E-state index contributed by atoms with van der Waals surface area (Å²) in [6.45, 7) is 0.648. The van der Waals surface area contributed by atoms with Crippen molar-refractivity contribution >= 4 is 5.97 Å². The number of rotatable bonds is 2. The molecule has 1 aliphatic heterocycles. The summed E-state index contributed by atoms with van der Waals surface area (Å²) in [5, 5.41) is 17.9. The quantitative estimate of drug-likeness (QED) is 0.528. The minimum absolute atomic E-state index is 0.275. The van der Waals surface area contributed by atoms with E-state index in [-0.39, 0.29) is 13.0 Å². The van der Waals surface area contributed by atoms with E-state index in [1.165, 1.54) is 0 Å². The number of carbonyl (C=O) groups is 1. The predicted octanol–water partition coefficient (Wildman–Crippen LogP) is -0.861. The van der Waals surface area contributed by atoms with Crippen LogP contribution in [0.2, 0.25) is 0 Å². The van der Waals surface area contributed by atoms with Crippen LogP contribution in [0.4, 0.5) is 0 Å². The third-order valence-electron chi connectivity index (χ3n) is 1.96. The van der Waals surface area contributed by atoms with Gasteiger partial charge in [-0.1, -0.05) is 5.92 Å². The second-order valence-electron chi connectivity index (χ2n) is 2.88. The van der Waals surface area contributed by atoms with Crippen LogP contribution in [-0.4, -0.2) is 46.3 Å². The van der Waals surface area contributed by atoms with Crippen LogP contribution in [0.5, 0.6) is 0 Å². The third kappa shape index (κ3) is 1.76. The Morgan fingerprint density at radius 1 is 1.75 bits per heavy atom. The number of aliphatic carboxylic acids is 1. The molecule has 0 aromatic carbocycles. The van der Waals surface area contributed by atoms with Gasteiger partial charge >= 0.3 is 5.97 Å². The van der Waals surface area contributed by atoms with Crippen LogP contribution in [0.3, 0.4) is 0 Å². The van der Waals surface area contributed by atoms with Gasteiger partial charge in [0.05, 0.1) is 12.6 Å². The van der Waals surface area contributed by atoms with E-state index >= 15 is 0 Å². The third-order valence-corrected chi connectivity index (χ3v) is 1.96. The highest BCUT2D eigenvalue weighted by molar-refractivity contribution is 5.74. The molecule has 4 nitrogen and oxygen atoms in total. The highest BCUT2D eigenvalue weighted by Gasteiger charge is 2.35. The van der Waals surface area contributed by atoms with Gasteiger partial charge in [-0.05, 0) is 0 Å². The SMILES string of the molecule is C#CCN1CC(O)CC1C(=O)O. The number of nitrogens with zero attached hydrogens (tertiary/aromatic N) is 1. The maximum Gasteiger partial charge on any atom is 0.321 e. The number of likely N-dealkylation sites (tertiary alicyclic amines) is 1. The molecule has 1 heterocycles. The largest absolute Gasteiger partial charge is 0.480 e. The van der Waals surface area contributed by atoms with Gasteiger partial charge in [0.2, 0.25) is 0 Å². The summed E-state index contributed by atoms with van der Waals surface area (Å²) >= 11 is 0. The zero-order chi connectivity index (χ0) is 9.14. The van der Waals surface area contributed by atoms with Crippen LogP contribution in [0, 0.1) is 12.3 Å². The number of aliphatic hydroxyl groups is 1. The van der Waals surface area contributed by atoms with Crippen LogP contribution >= 0.6 is 0 Å². The zero-order valence-corrected chi connectivity index (χ0v) is 6.60. The summed E-state index contributed by atoms with van der Waals surface area (Å²) in [4.78, 5) is 12.2. The topological polar surface area (TPSA) is 60.8 Å². The zero-order valence-electron chi connectivity index (χ0n) is 6.60. The van der Waals surface area contributed by atoms with Crippen molar-refractivity contribution in [3.05, 3.63) is 0 Å². The lowest BCUT2D eigenvalue weighted by atomic mass is 10.2. The normalized spacial score (nSPS) is 30.0. The van der Waals surface area contributed by atoms with Crippen molar-refractivity contribution in [2.45, 2.75) is 18.6 Å². The Morgan fingerprint density at radius 2 is 2.42 bits per heavy atom. The first-order chi connectivity index (χ1) is 5.65. The second kappa shape index (κ2) is 3.57. The summed E-state index contributed by atoms with van der Waals surface area (Å²) in [6, 6.07) is -0.615. The van der Waals surface area contributed by atoms with Crippen LogP contribution in [0.15, 0.2) is 0 Å². The van der Waals surface area contributed by atoms with E-state index in [2.05, 4.69) is 5.92 Å². The number of terminal acetylenes is 1. The molecule has 2 atom stereocenters. The van der Waals surface area contributed by atoms with Crippen LogP contribution in [0.1, 0.15) is 6.42 Å². The maximum atomic E-state index is 10.6. The Bertz CT molecular complexity index is 221. The van der Waals surface area contributed by atoms with Crippen LogP contribution in [-0.2, 0) is 4.79 Å². The van der Waals surface area contributed by atoms with Gasteiger partial charge in [-0.2, -0.15) is 0 Å². The lowest BCUT2D eigenvalue weighted by Crippen LogP contribution is -2.36. The van der Waals surface area contributed by atoms with Crippen molar-refractivity contribution in [3.63, 3.8) is 0 Å². The molecule has 1 saturated heterocycles. The average Bonchev–Trinajstić information content (AvgIpc) is 2.32. The van der Waals surface area contributed by atoms with E-state index in [4.69, 9.17) is 11.5 Å². The Hall–Kier alpha value is -1.05. The van der Waals surface area contributed by atoms with Gasteiger partial charge in [0.25, 0.3) is 0 Å². The molecule has 0 amide bonds. The molecule has 4 heteroatoms. The van der Waals surface area contributed by atoms with Gasteiger partial charge < -0.3 is 10.2 Å². The fourth-order valence-electron chi connectivity index (χ4n) is 1.43. The molecule has 1 rings (SSSR count). The standard InChI is InChI=1S/C8H11NO3/c1-2-3-9-5-6(10)4-7(9)8(11)12/h1,6-7,10H,3-5H2,(H,11,12). The van der Waals surface area contributed by atoms with Gasteiger partial charge in [-0.25, -0.2) is 0 Å². The molecule has 0 spiro atoms. The summed E-state index contributed by atoms with van der Waals surface area (Å²) in [5.41, 5.74) is 0. The molecule has 0 aromatic heterocycles. The van der Waals surface area contributed by atoms with E-state index in [1.807, 2.05) is 0 Å². The van der Waals surface area contributed by atoms with Gasteiger partial charge in [0.1, 0.15) is 6.04 Å². The number of β-amino-alcohol motifs (C(OH)–C–C–N with tert-alkyl or cyclic N) is 1. The average molecular weight is 169 g/mol. The van der Waals surface area contributed by atoms with Gasteiger partial charge in [0, 0.05) is 13.0 Å². The number of aliphatic hydroxyl groups excluding tert-OH is 1. The number of hydrogen-bond donors (Lipinski definition) is 2. The van der Waals surface area contributed by atoms with Crippen molar-refractivity contribution in [3.8, 4) is 12.3 Å². The molecule has 2 N–H and O–H groups in total.